The van der Waals surface area contributed by atoms with Crippen LogP contribution >= 0.6 is 0 Å². The second kappa shape index (κ2) is 3.48. The van der Waals surface area contributed by atoms with Gasteiger partial charge in [0.2, 0.25) is 0 Å². The Hall–Kier alpha value is -1.56. The van der Waals surface area contributed by atoms with Gasteiger partial charge >= 0.3 is 0 Å². The fraction of sp³-hybridized carbons (Fsp3) is 0.600. The lowest BCUT2D eigenvalue weighted by molar-refractivity contribution is -0.0511. The van der Waals surface area contributed by atoms with Gasteiger partial charge in [0.15, 0.2) is 5.82 Å². The van der Waals surface area contributed by atoms with Gasteiger partial charge < -0.3 is 21.1 Å². The average molecular weight is 224 g/mol. The highest BCUT2D eigenvalue weighted by Crippen LogP contribution is 2.42. The number of nitrogen functional groups attached to an aromatic ring is 1. The largest absolute Gasteiger partial charge is 0.392 e. The summed E-state index contributed by atoms with van der Waals surface area (Å²) in [6.45, 7) is 3.92. The van der Waals surface area contributed by atoms with Gasteiger partial charge in [-0.1, -0.05) is 13.8 Å². The Morgan fingerprint density at radius 2 is 2.38 bits per heavy atom. The maximum atomic E-state index is 11.2. The minimum Gasteiger partial charge on any atom is -0.392 e. The van der Waals surface area contributed by atoms with E-state index in [-0.39, 0.29) is 28.8 Å². The van der Waals surface area contributed by atoms with E-state index in [4.69, 9.17) is 5.73 Å². The summed E-state index contributed by atoms with van der Waals surface area (Å²) in [5, 5.41) is 12.7. The number of rotatable bonds is 2. The van der Waals surface area contributed by atoms with Crippen LogP contribution < -0.4 is 16.6 Å². The van der Waals surface area contributed by atoms with Crippen molar-refractivity contribution in [2.45, 2.75) is 32.4 Å². The first-order valence-electron chi connectivity index (χ1n) is 5.20. The van der Waals surface area contributed by atoms with Gasteiger partial charge in [-0.25, -0.2) is 4.98 Å². The number of aliphatic hydroxyl groups is 1. The number of nitrogens with two attached hydrogens (primary N) is 1. The smallest absolute Gasteiger partial charge is 0.276 e. The van der Waals surface area contributed by atoms with Crippen LogP contribution in [0.1, 0.15) is 20.3 Å². The summed E-state index contributed by atoms with van der Waals surface area (Å²) in [5.74, 6) is 0.383. The van der Waals surface area contributed by atoms with Crippen molar-refractivity contribution in [1.29, 1.82) is 0 Å². The number of aromatic amines is 1. The first-order chi connectivity index (χ1) is 7.43. The van der Waals surface area contributed by atoms with Gasteiger partial charge in [-0.3, -0.25) is 4.79 Å². The Labute approximate surface area is 92.9 Å². The Morgan fingerprint density at radius 1 is 1.69 bits per heavy atom. The zero-order valence-corrected chi connectivity index (χ0v) is 9.32. The van der Waals surface area contributed by atoms with Crippen molar-refractivity contribution in [3.05, 3.63) is 16.7 Å². The summed E-state index contributed by atoms with van der Waals surface area (Å²) in [5.41, 5.74) is 5.11. The summed E-state index contributed by atoms with van der Waals surface area (Å²) < 4.78 is 0. The van der Waals surface area contributed by atoms with Gasteiger partial charge in [-0.05, 0) is 6.42 Å². The maximum Gasteiger partial charge on any atom is 0.276 e. The Kier molecular flexibility index (Phi) is 2.38. The van der Waals surface area contributed by atoms with E-state index in [1.54, 1.807) is 0 Å². The second-order valence-corrected chi connectivity index (χ2v) is 4.76. The van der Waals surface area contributed by atoms with E-state index in [9.17, 15) is 9.90 Å². The Morgan fingerprint density at radius 3 is 2.94 bits per heavy atom. The van der Waals surface area contributed by atoms with Crippen molar-refractivity contribution < 1.29 is 5.11 Å². The first kappa shape index (κ1) is 10.9. The van der Waals surface area contributed by atoms with Gasteiger partial charge in [0.1, 0.15) is 5.69 Å². The fourth-order valence-corrected chi connectivity index (χ4v) is 1.84. The molecule has 1 aliphatic carbocycles. The Bertz CT molecular complexity index is 454. The molecule has 1 fully saturated rings. The van der Waals surface area contributed by atoms with Gasteiger partial charge in [0, 0.05) is 11.5 Å². The van der Waals surface area contributed by atoms with Gasteiger partial charge in [-0.15, -0.1) is 0 Å². The number of aromatic nitrogens is 2. The normalized spacial score (nSPS) is 27.2. The molecule has 1 aromatic rings. The Balaban J connectivity index is 2.17. The van der Waals surface area contributed by atoms with Crippen molar-refractivity contribution in [2.75, 3.05) is 11.1 Å². The van der Waals surface area contributed by atoms with Crippen molar-refractivity contribution in [2.24, 2.45) is 5.41 Å². The van der Waals surface area contributed by atoms with Crippen molar-refractivity contribution in [3.8, 4) is 0 Å². The number of hydrogen-bond acceptors (Lipinski definition) is 5. The predicted molar refractivity (Wildman–Crippen MR) is 61.1 cm³/mol. The molecule has 1 aromatic heterocycles. The molecule has 5 N–H and O–H groups in total. The maximum absolute atomic E-state index is 11.2. The molecule has 0 saturated heterocycles. The van der Waals surface area contributed by atoms with Crippen LogP contribution in [0.3, 0.4) is 0 Å². The molecule has 6 heteroatoms. The van der Waals surface area contributed by atoms with E-state index >= 15 is 0 Å². The van der Waals surface area contributed by atoms with Crippen molar-refractivity contribution >= 4 is 11.5 Å². The topological polar surface area (TPSA) is 104 Å². The molecule has 2 rings (SSSR count). The fourth-order valence-electron chi connectivity index (χ4n) is 1.84. The van der Waals surface area contributed by atoms with E-state index in [1.807, 2.05) is 13.8 Å². The van der Waals surface area contributed by atoms with Gasteiger partial charge in [0.25, 0.3) is 5.56 Å². The van der Waals surface area contributed by atoms with Crippen molar-refractivity contribution in [1.82, 2.24) is 9.97 Å². The molecule has 1 saturated carbocycles. The molecule has 0 aromatic carbocycles. The molecule has 6 nitrogen and oxygen atoms in total. The summed E-state index contributed by atoms with van der Waals surface area (Å²) in [6.07, 6.45) is 1.62. The zero-order chi connectivity index (χ0) is 11.9. The highest BCUT2D eigenvalue weighted by molar-refractivity contribution is 5.59. The lowest BCUT2D eigenvalue weighted by atomic mass is 9.64. The monoisotopic (exact) mass is 224 g/mol. The molecule has 16 heavy (non-hydrogen) atoms. The molecule has 0 bridgehead atoms. The molecule has 88 valence electrons. The van der Waals surface area contributed by atoms with E-state index in [1.165, 1.54) is 6.33 Å². The molecule has 0 aliphatic heterocycles. The van der Waals surface area contributed by atoms with Crippen LogP contribution in [-0.4, -0.2) is 27.2 Å². The van der Waals surface area contributed by atoms with E-state index < -0.39 is 0 Å². The third-order valence-corrected chi connectivity index (χ3v) is 3.42. The van der Waals surface area contributed by atoms with Gasteiger partial charge in [0.05, 0.1) is 12.4 Å². The molecule has 0 radical (unpaired) electrons. The number of hydrogen-bond donors (Lipinski definition) is 4. The lowest BCUT2D eigenvalue weighted by Crippen LogP contribution is -2.57. The molecular weight excluding hydrogens is 208 g/mol. The molecule has 1 aliphatic rings. The molecule has 1 heterocycles. The highest BCUT2D eigenvalue weighted by Gasteiger charge is 2.47. The van der Waals surface area contributed by atoms with Crippen LogP contribution in [0.15, 0.2) is 11.1 Å². The second-order valence-electron chi connectivity index (χ2n) is 4.76. The third kappa shape index (κ3) is 1.55. The summed E-state index contributed by atoms with van der Waals surface area (Å²) >= 11 is 0. The SMILES string of the molecule is CC1(C)C(O)CC1Nc1nc[nH]c(=O)c1N. The van der Waals surface area contributed by atoms with Crippen LogP contribution in [0.2, 0.25) is 0 Å². The minimum atomic E-state index is -0.352. The van der Waals surface area contributed by atoms with Crippen LogP contribution in [0.25, 0.3) is 0 Å². The van der Waals surface area contributed by atoms with Crippen LogP contribution in [0.5, 0.6) is 0 Å². The van der Waals surface area contributed by atoms with E-state index in [2.05, 4.69) is 15.3 Å². The van der Waals surface area contributed by atoms with Crippen LogP contribution in [0, 0.1) is 5.41 Å². The summed E-state index contributed by atoms with van der Waals surface area (Å²) in [6, 6.07) is 0.0825. The average Bonchev–Trinajstić information content (AvgIpc) is 2.24. The third-order valence-electron chi connectivity index (χ3n) is 3.42. The summed E-state index contributed by atoms with van der Waals surface area (Å²) in [4.78, 5) is 17.6. The van der Waals surface area contributed by atoms with Crippen LogP contribution in [0.4, 0.5) is 11.5 Å². The number of nitrogens with one attached hydrogen (secondary N) is 2. The first-order valence-corrected chi connectivity index (χ1v) is 5.20. The molecule has 2 unspecified atom stereocenters. The summed E-state index contributed by atoms with van der Waals surface area (Å²) in [7, 11) is 0. The van der Waals surface area contributed by atoms with E-state index in [0.717, 1.165) is 0 Å². The molecule has 2 atom stereocenters. The highest BCUT2D eigenvalue weighted by atomic mass is 16.3. The number of anilines is 2. The minimum absolute atomic E-state index is 0.0825. The quantitative estimate of drug-likeness (QED) is 0.562. The lowest BCUT2D eigenvalue weighted by Gasteiger charge is -2.49. The van der Waals surface area contributed by atoms with Crippen molar-refractivity contribution in [3.63, 3.8) is 0 Å². The standard InChI is InChI=1S/C10H16N4O2/c1-10(2)5(3-6(10)15)14-8-7(11)9(16)13-4-12-8/h4-6,15H,3,11H2,1-2H3,(H2,12,13,14,16). The zero-order valence-electron chi connectivity index (χ0n) is 9.32. The van der Waals surface area contributed by atoms with Gasteiger partial charge in [-0.2, -0.15) is 0 Å². The van der Waals surface area contributed by atoms with Crippen LogP contribution in [-0.2, 0) is 0 Å². The van der Waals surface area contributed by atoms with E-state index in [0.29, 0.717) is 12.2 Å². The number of H-pyrrole nitrogens is 1. The molecule has 0 spiro atoms. The molecule has 0 amide bonds. The number of aliphatic hydroxyl groups excluding tert-OH is 1. The predicted octanol–water partition coefficient (Wildman–Crippen LogP) is -0.0766. The molecular formula is C10H16N4O2. The number of nitrogens with zero attached hydrogens (tertiary/aromatic N) is 1.